The molecule has 0 radical (unpaired) electrons. The Morgan fingerprint density at radius 2 is 2.11 bits per heavy atom. The van der Waals surface area contributed by atoms with Crippen molar-refractivity contribution in [3.63, 3.8) is 0 Å². The second kappa shape index (κ2) is 8.89. The van der Waals surface area contributed by atoms with E-state index in [9.17, 15) is 0 Å². The molecule has 18 heavy (non-hydrogen) atoms. The molecule has 0 aromatic carbocycles. The van der Waals surface area contributed by atoms with Gasteiger partial charge in [-0.05, 0) is 31.5 Å². The third kappa shape index (κ3) is 5.98. The molecule has 0 fully saturated rings. The number of hydrogen-bond donors (Lipinski definition) is 1. The summed E-state index contributed by atoms with van der Waals surface area (Å²) in [5.74, 6) is 0.708. The van der Waals surface area contributed by atoms with Gasteiger partial charge >= 0.3 is 0 Å². The topological polar surface area (TPSA) is 43.4 Å². The van der Waals surface area contributed by atoms with Crippen LogP contribution in [0, 0.1) is 6.92 Å². The van der Waals surface area contributed by atoms with E-state index in [2.05, 4.69) is 23.3 Å². The van der Waals surface area contributed by atoms with Gasteiger partial charge in [0.15, 0.2) is 0 Å². The monoisotopic (exact) mass is 252 g/mol. The molecule has 0 aliphatic rings. The Hall–Kier alpha value is -1.13. The summed E-state index contributed by atoms with van der Waals surface area (Å²) < 4.78 is 10.6. The van der Waals surface area contributed by atoms with Crippen molar-refractivity contribution >= 4 is 0 Å². The zero-order valence-corrected chi connectivity index (χ0v) is 11.7. The van der Waals surface area contributed by atoms with Crippen LogP contribution in [0.4, 0.5) is 0 Å². The molecule has 1 heterocycles. The normalized spacial score (nSPS) is 10.6. The molecule has 4 nitrogen and oxygen atoms in total. The van der Waals surface area contributed by atoms with Crippen molar-refractivity contribution in [3.8, 4) is 5.88 Å². The van der Waals surface area contributed by atoms with Gasteiger partial charge in [-0.1, -0.05) is 6.92 Å². The van der Waals surface area contributed by atoms with Gasteiger partial charge in [0.05, 0.1) is 6.61 Å². The van der Waals surface area contributed by atoms with Crippen molar-refractivity contribution in [2.45, 2.75) is 33.2 Å². The predicted molar refractivity (Wildman–Crippen MR) is 73.0 cm³/mol. The van der Waals surface area contributed by atoms with Crippen molar-refractivity contribution < 1.29 is 9.47 Å². The second-order valence-corrected chi connectivity index (χ2v) is 4.33. The Bertz CT molecular complexity index is 343. The number of nitrogens with one attached hydrogen (secondary N) is 1. The molecule has 0 amide bonds. The lowest BCUT2D eigenvalue weighted by Gasteiger charge is -2.09. The van der Waals surface area contributed by atoms with Crippen LogP contribution < -0.4 is 10.1 Å². The highest BCUT2D eigenvalue weighted by molar-refractivity contribution is 5.24. The van der Waals surface area contributed by atoms with Crippen LogP contribution in [0.5, 0.6) is 5.88 Å². The molecule has 0 saturated heterocycles. The highest BCUT2D eigenvalue weighted by atomic mass is 16.5. The van der Waals surface area contributed by atoms with Gasteiger partial charge in [0, 0.05) is 38.4 Å². The third-order valence-corrected chi connectivity index (χ3v) is 2.49. The fraction of sp³-hybridized carbons (Fsp3) is 0.643. The molecule has 102 valence electrons. The molecule has 0 atom stereocenters. The number of pyridine rings is 1. The van der Waals surface area contributed by atoms with E-state index >= 15 is 0 Å². The second-order valence-electron chi connectivity index (χ2n) is 4.33. The van der Waals surface area contributed by atoms with Crippen LogP contribution in [-0.4, -0.2) is 31.9 Å². The maximum atomic E-state index is 5.62. The van der Waals surface area contributed by atoms with Crippen LogP contribution in [-0.2, 0) is 11.3 Å². The van der Waals surface area contributed by atoms with E-state index in [0.717, 1.165) is 38.2 Å². The number of nitrogens with zero attached hydrogens (tertiary/aromatic N) is 1. The van der Waals surface area contributed by atoms with Gasteiger partial charge in [-0.2, -0.15) is 0 Å². The van der Waals surface area contributed by atoms with Crippen LogP contribution in [0.1, 0.15) is 31.0 Å². The van der Waals surface area contributed by atoms with Gasteiger partial charge in [0.25, 0.3) is 0 Å². The smallest absolute Gasteiger partial charge is 0.213 e. The molecule has 0 aliphatic carbocycles. The van der Waals surface area contributed by atoms with Crippen LogP contribution in [0.3, 0.4) is 0 Å². The largest absolute Gasteiger partial charge is 0.478 e. The summed E-state index contributed by atoms with van der Waals surface area (Å²) in [5, 5.41) is 3.38. The minimum atomic E-state index is 0.645. The molecule has 0 aliphatic heterocycles. The van der Waals surface area contributed by atoms with Crippen LogP contribution in [0.15, 0.2) is 12.1 Å². The number of aryl methyl sites for hydroxylation is 1. The maximum Gasteiger partial charge on any atom is 0.213 e. The number of ether oxygens (including phenoxy) is 2. The lowest BCUT2D eigenvalue weighted by molar-refractivity contribution is 0.170. The predicted octanol–water partition coefficient (Wildman–Crippen LogP) is 2.30. The molecule has 0 bridgehead atoms. The highest BCUT2D eigenvalue weighted by Gasteiger charge is 2.01. The molecule has 0 spiro atoms. The van der Waals surface area contributed by atoms with E-state index in [1.54, 1.807) is 7.11 Å². The standard InChI is InChI=1S/C14H24N2O2/c1-4-6-15-11-13-9-12(2)16-14(10-13)18-8-5-7-17-3/h9-10,15H,4-8,11H2,1-3H3. The molecular formula is C14H24N2O2. The molecule has 1 N–H and O–H groups in total. The van der Waals surface area contributed by atoms with E-state index in [4.69, 9.17) is 9.47 Å². The van der Waals surface area contributed by atoms with E-state index in [-0.39, 0.29) is 0 Å². The number of aromatic nitrogens is 1. The van der Waals surface area contributed by atoms with Gasteiger partial charge in [-0.25, -0.2) is 4.98 Å². The van der Waals surface area contributed by atoms with Gasteiger partial charge < -0.3 is 14.8 Å². The number of methoxy groups -OCH3 is 1. The summed E-state index contributed by atoms with van der Waals surface area (Å²) in [6.45, 7) is 7.42. The highest BCUT2D eigenvalue weighted by Crippen LogP contribution is 2.12. The minimum Gasteiger partial charge on any atom is -0.478 e. The summed E-state index contributed by atoms with van der Waals surface area (Å²) in [5.41, 5.74) is 2.21. The van der Waals surface area contributed by atoms with Gasteiger partial charge in [0.2, 0.25) is 5.88 Å². The molecule has 1 rings (SSSR count). The van der Waals surface area contributed by atoms with Crippen molar-refractivity contribution in [2.75, 3.05) is 26.9 Å². The average Bonchev–Trinajstić information content (AvgIpc) is 2.34. The molecular weight excluding hydrogens is 228 g/mol. The quantitative estimate of drug-likeness (QED) is 0.685. The maximum absolute atomic E-state index is 5.62. The first-order valence-electron chi connectivity index (χ1n) is 6.56. The zero-order valence-electron chi connectivity index (χ0n) is 11.7. The molecule has 0 unspecified atom stereocenters. The number of hydrogen-bond acceptors (Lipinski definition) is 4. The van der Waals surface area contributed by atoms with E-state index < -0.39 is 0 Å². The Labute approximate surface area is 110 Å². The van der Waals surface area contributed by atoms with Crippen molar-refractivity contribution in [2.24, 2.45) is 0 Å². The Morgan fingerprint density at radius 3 is 2.83 bits per heavy atom. The van der Waals surface area contributed by atoms with Crippen molar-refractivity contribution in [1.29, 1.82) is 0 Å². The molecule has 0 saturated carbocycles. The first-order valence-corrected chi connectivity index (χ1v) is 6.56. The van der Waals surface area contributed by atoms with E-state index in [0.29, 0.717) is 12.5 Å². The Kier molecular flexibility index (Phi) is 7.37. The first-order chi connectivity index (χ1) is 8.76. The summed E-state index contributed by atoms with van der Waals surface area (Å²) in [6, 6.07) is 4.09. The lowest BCUT2D eigenvalue weighted by atomic mass is 10.2. The van der Waals surface area contributed by atoms with Crippen LogP contribution in [0.25, 0.3) is 0 Å². The fourth-order valence-electron chi connectivity index (χ4n) is 1.67. The van der Waals surface area contributed by atoms with Gasteiger partial charge in [-0.3, -0.25) is 0 Å². The molecule has 1 aromatic rings. The summed E-state index contributed by atoms with van der Waals surface area (Å²) in [7, 11) is 1.70. The van der Waals surface area contributed by atoms with Gasteiger partial charge in [0.1, 0.15) is 0 Å². The first kappa shape index (κ1) is 14.9. The molecule has 4 heteroatoms. The number of rotatable bonds is 9. The van der Waals surface area contributed by atoms with Crippen molar-refractivity contribution in [3.05, 3.63) is 23.4 Å². The minimum absolute atomic E-state index is 0.645. The summed E-state index contributed by atoms with van der Waals surface area (Å²) in [6.07, 6.45) is 2.03. The van der Waals surface area contributed by atoms with Crippen LogP contribution >= 0.6 is 0 Å². The zero-order chi connectivity index (χ0) is 13.2. The van der Waals surface area contributed by atoms with E-state index in [1.165, 1.54) is 5.56 Å². The molecule has 1 aromatic heterocycles. The summed E-state index contributed by atoms with van der Waals surface area (Å²) >= 11 is 0. The van der Waals surface area contributed by atoms with E-state index in [1.807, 2.05) is 13.0 Å². The van der Waals surface area contributed by atoms with Crippen molar-refractivity contribution in [1.82, 2.24) is 10.3 Å². The van der Waals surface area contributed by atoms with Gasteiger partial charge in [-0.15, -0.1) is 0 Å². The Morgan fingerprint density at radius 1 is 1.28 bits per heavy atom. The lowest BCUT2D eigenvalue weighted by Crippen LogP contribution is -2.14. The fourth-order valence-corrected chi connectivity index (χ4v) is 1.67. The Balaban J connectivity index is 2.46. The SMILES string of the molecule is CCCNCc1cc(C)nc(OCCCOC)c1. The average molecular weight is 252 g/mol. The summed E-state index contributed by atoms with van der Waals surface area (Å²) in [4.78, 5) is 4.37. The third-order valence-electron chi connectivity index (χ3n) is 2.49. The van der Waals surface area contributed by atoms with Crippen LogP contribution in [0.2, 0.25) is 0 Å².